The lowest BCUT2D eigenvalue weighted by molar-refractivity contribution is -0.142. The van der Waals surface area contributed by atoms with Crippen molar-refractivity contribution in [1.82, 2.24) is 15.2 Å². The summed E-state index contributed by atoms with van der Waals surface area (Å²) in [5.74, 6) is -1.97. The van der Waals surface area contributed by atoms with Crippen LogP contribution in [0.3, 0.4) is 0 Å². The van der Waals surface area contributed by atoms with Gasteiger partial charge in [0, 0.05) is 42.6 Å². The first kappa shape index (κ1) is 24.7. The summed E-state index contributed by atoms with van der Waals surface area (Å²) in [6, 6.07) is 22.1. The van der Waals surface area contributed by atoms with Gasteiger partial charge in [-0.25, -0.2) is 4.79 Å². The van der Waals surface area contributed by atoms with E-state index in [1.165, 1.54) is 4.90 Å². The second-order valence-corrected chi connectivity index (χ2v) is 8.95. The third kappa shape index (κ3) is 5.63. The summed E-state index contributed by atoms with van der Waals surface area (Å²) in [6.45, 7) is 1.90. The highest BCUT2D eigenvalue weighted by atomic mass is 16.4. The van der Waals surface area contributed by atoms with Gasteiger partial charge in [-0.2, -0.15) is 0 Å². The Balaban J connectivity index is 1.59. The Morgan fingerprint density at radius 2 is 1.67 bits per heavy atom. The Morgan fingerprint density at radius 3 is 2.39 bits per heavy atom. The van der Waals surface area contributed by atoms with Gasteiger partial charge in [0.05, 0.1) is 0 Å². The molecule has 0 saturated carbocycles. The number of carbonyl (C=O) groups excluding carboxylic acids is 2. The number of nitrogens with one attached hydrogen (secondary N) is 2. The number of rotatable bonds is 9. The van der Waals surface area contributed by atoms with Crippen molar-refractivity contribution >= 4 is 28.7 Å². The van der Waals surface area contributed by atoms with Crippen molar-refractivity contribution in [2.45, 2.75) is 31.8 Å². The molecule has 1 aromatic heterocycles. The fourth-order valence-electron chi connectivity index (χ4n) is 4.35. The van der Waals surface area contributed by atoms with Crippen LogP contribution in [-0.4, -0.2) is 51.9 Å². The minimum absolute atomic E-state index is 0.110. The third-order valence-corrected chi connectivity index (χ3v) is 6.34. The minimum Gasteiger partial charge on any atom is -0.480 e. The molecule has 3 aromatic carbocycles. The number of carbonyl (C=O) groups is 3. The van der Waals surface area contributed by atoms with E-state index < -0.39 is 24.0 Å². The number of aliphatic carboxylic acids is 1. The summed E-state index contributed by atoms with van der Waals surface area (Å²) < 4.78 is 0. The van der Waals surface area contributed by atoms with E-state index >= 15 is 0 Å². The number of benzene rings is 3. The lowest BCUT2D eigenvalue weighted by Crippen LogP contribution is -2.53. The van der Waals surface area contributed by atoms with Crippen molar-refractivity contribution in [2.75, 3.05) is 7.05 Å². The van der Waals surface area contributed by atoms with Crippen molar-refractivity contribution < 1.29 is 19.5 Å². The third-order valence-electron chi connectivity index (χ3n) is 6.34. The van der Waals surface area contributed by atoms with E-state index in [4.69, 9.17) is 0 Å². The summed E-state index contributed by atoms with van der Waals surface area (Å²) in [5, 5.41) is 13.5. The highest BCUT2D eigenvalue weighted by Crippen LogP contribution is 2.20. The van der Waals surface area contributed by atoms with Gasteiger partial charge in [-0.3, -0.25) is 9.59 Å². The summed E-state index contributed by atoms with van der Waals surface area (Å²) in [6.07, 6.45) is 2.13. The molecule has 0 aliphatic rings. The maximum absolute atomic E-state index is 13.5. The van der Waals surface area contributed by atoms with E-state index in [0.29, 0.717) is 5.56 Å². The van der Waals surface area contributed by atoms with Gasteiger partial charge in [0.2, 0.25) is 5.91 Å². The molecule has 36 heavy (non-hydrogen) atoms. The number of fused-ring (bicyclic) bond motifs is 1. The van der Waals surface area contributed by atoms with Crippen LogP contribution in [0.25, 0.3) is 10.9 Å². The van der Waals surface area contributed by atoms with E-state index in [0.717, 1.165) is 27.6 Å². The smallest absolute Gasteiger partial charge is 0.326 e. The van der Waals surface area contributed by atoms with Gasteiger partial charge in [-0.1, -0.05) is 66.2 Å². The topological polar surface area (TPSA) is 103 Å². The van der Waals surface area contributed by atoms with Gasteiger partial charge in [0.15, 0.2) is 0 Å². The molecule has 2 amide bonds. The summed E-state index contributed by atoms with van der Waals surface area (Å²) >= 11 is 0. The van der Waals surface area contributed by atoms with Crippen LogP contribution in [0.15, 0.2) is 85.1 Å². The lowest BCUT2D eigenvalue weighted by atomic mass is 10.0. The number of H-pyrrole nitrogens is 1. The molecule has 4 rings (SSSR count). The van der Waals surface area contributed by atoms with Crippen LogP contribution in [0.5, 0.6) is 0 Å². The highest BCUT2D eigenvalue weighted by molar-refractivity contribution is 5.98. The zero-order chi connectivity index (χ0) is 25.7. The quantitative estimate of drug-likeness (QED) is 0.335. The molecule has 3 N–H and O–H groups in total. The number of nitrogens with zero attached hydrogens (tertiary/aromatic N) is 1. The molecule has 0 spiro atoms. The molecular weight excluding hydrogens is 454 g/mol. The zero-order valence-electron chi connectivity index (χ0n) is 20.3. The van der Waals surface area contributed by atoms with E-state index in [1.54, 1.807) is 31.4 Å². The van der Waals surface area contributed by atoms with E-state index in [-0.39, 0.29) is 18.7 Å². The van der Waals surface area contributed by atoms with Gasteiger partial charge < -0.3 is 20.3 Å². The Morgan fingerprint density at radius 1 is 0.944 bits per heavy atom. The summed E-state index contributed by atoms with van der Waals surface area (Å²) in [4.78, 5) is 43.5. The molecule has 4 aromatic rings. The molecule has 0 unspecified atom stereocenters. The molecule has 184 valence electrons. The standard InChI is InChI=1S/C29H29N3O4/c1-19-9-8-12-21(15-19)28(34)32(2)26(16-20-10-4-3-5-11-20)27(33)31-25(29(35)36)17-22-18-30-24-14-7-6-13-23(22)24/h3-15,18,25-26,30H,16-17H2,1-2H3,(H,31,33)(H,35,36)/t25-,26-/m0/s1. The molecule has 0 saturated heterocycles. The Kier molecular flexibility index (Phi) is 7.49. The number of amides is 2. The molecular formula is C29H29N3O4. The number of para-hydroxylation sites is 1. The van der Waals surface area contributed by atoms with Gasteiger partial charge in [-0.15, -0.1) is 0 Å². The predicted octanol–water partition coefficient (Wildman–Crippen LogP) is 3.97. The first-order valence-electron chi connectivity index (χ1n) is 11.8. The number of aromatic amines is 1. The number of hydrogen-bond acceptors (Lipinski definition) is 3. The summed E-state index contributed by atoms with van der Waals surface area (Å²) in [5.41, 5.74) is 3.96. The van der Waals surface area contributed by atoms with E-state index in [2.05, 4.69) is 10.3 Å². The maximum Gasteiger partial charge on any atom is 0.326 e. The molecule has 7 nitrogen and oxygen atoms in total. The Labute approximate surface area is 209 Å². The van der Waals surface area contributed by atoms with Crippen LogP contribution in [0.1, 0.15) is 27.0 Å². The van der Waals surface area contributed by atoms with Gasteiger partial charge in [-0.05, 0) is 36.2 Å². The largest absolute Gasteiger partial charge is 0.480 e. The van der Waals surface area contributed by atoms with Crippen molar-refractivity contribution in [2.24, 2.45) is 0 Å². The number of hydrogen-bond donors (Lipinski definition) is 3. The van der Waals surface area contributed by atoms with Crippen LogP contribution in [0, 0.1) is 6.92 Å². The van der Waals surface area contributed by atoms with Crippen LogP contribution in [0.4, 0.5) is 0 Å². The average Bonchev–Trinajstić information content (AvgIpc) is 3.29. The predicted molar refractivity (Wildman–Crippen MR) is 139 cm³/mol. The van der Waals surface area contributed by atoms with Crippen molar-refractivity contribution in [3.05, 3.63) is 107 Å². The fourth-order valence-corrected chi connectivity index (χ4v) is 4.35. The molecule has 7 heteroatoms. The lowest BCUT2D eigenvalue weighted by Gasteiger charge is -2.29. The molecule has 0 fully saturated rings. The van der Waals surface area contributed by atoms with E-state index in [9.17, 15) is 19.5 Å². The Hall–Kier alpha value is -4.39. The average molecular weight is 484 g/mol. The number of aromatic nitrogens is 1. The molecule has 1 heterocycles. The molecule has 0 aliphatic heterocycles. The van der Waals surface area contributed by atoms with Gasteiger partial charge >= 0.3 is 5.97 Å². The van der Waals surface area contributed by atoms with Crippen molar-refractivity contribution in [3.8, 4) is 0 Å². The monoisotopic (exact) mass is 483 g/mol. The van der Waals surface area contributed by atoms with Crippen LogP contribution < -0.4 is 5.32 Å². The number of carboxylic acids is 1. The van der Waals surface area contributed by atoms with Crippen LogP contribution >= 0.6 is 0 Å². The van der Waals surface area contributed by atoms with Crippen LogP contribution in [0.2, 0.25) is 0 Å². The zero-order valence-corrected chi connectivity index (χ0v) is 20.3. The number of likely N-dealkylation sites (N-methyl/N-ethyl adjacent to an activating group) is 1. The molecule has 0 aliphatic carbocycles. The SMILES string of the molecule is Cc1cccc(C(=O)N(C)[C@@H](Cc2ccccc2)C(=O)N[C@@H](Cc2c[nH]c3ccccc23)C(=O)O)c1. The summed E-state index contributed by atoms with van der Waals surface area (Å²) in [7, 11) is 1.58. The maximum atomic E-state index is 13.5. The first-order valence-corrected chi connectivity index (χ1v) is 11.8. The number of carboxylic acid groups (broad SMARTS) is 1. The molecule has 2 atom stereocenters. The van der Waals surface area contributed by atoms with Gasteiger partial charge in [0.25, 0.3) is 5.91 Å². The van der Waals surface area contributed by atoms with Gasteiger partial charge in [0.1, 0.15) is 12.1 Å². The normalized spacial score (nSPS) is 12.6. The molecule has 0 radical (unpaired) electrons. The fraction of sp³-hybridized carbons (Fsp3) is 0.207. The van der Waals surface area contributed by atoms with Crippen molar-refractivity contribution in [1.29, 1.82) is 0 Å². The number of aryl methyl sites for hydroxylation is 1. The second-order valence-electron chi connectivity index (χ2n) is 8.95. The molecule has 0 bridgehead atoms. The first-order chi connectivity index (χ1) is 17.3. The minimum atomic E-state index is -1.16. The second kappa shape index (κ2) is 10.9. The van der Waals surface area contributed by atoms with Crippen LogP contribution in [-0.2, 0) is 22.4 Å². The highest BCUT2D eigenvalue weighted by Gasteiger charge is 2.31. The Bertz CT molecular complexity index is 1380. The van der Waals surface area contributed by atoms with E-state index in [1.807, 2.05) is 67.6 Å². The van der Waals surface area contributed by atoms with Crippen molar-refractivity contribution in [3.63, 3.8) is 0 Å².